The molecule has 2 aliphatic rings. The first-order valence-electron chi connectivity index (χ1n) is 14.1. The molecular weight excluding hydrogens is 522 g/mol. The second-order valence-corrected chi connectivity index (χ2v) is 11.1. The number of hydrogen-bond acceptors (Lipinski definition) is 6. The number of halogens is 1. The Morgan fingerprint density at radius 1 is 0.900 bits per heavy atom. The van der Waals surface area contributed by atoms with E-state index < -0.39 is 0 Å². The van der Waals surface area contributed by atoms with Crippen LogP contribution in [0.3, 0.4) is 0 Å². The van der Waals surface area contributed by atoms with Gasteiger partial charge in [0.25, 0.3) is 0 Å². The Kier molecular flexibility index (Phi) is 8.23. The van der Waals surface area contributed by atoms with E-state index in [2.05, 4.69) is 85.5 Å². The SMILES string of the molecule is O=C(C1CCCN(Cc2nc(-c3cccc(Cl)c3)no2)C1)N1CCN(C(c2ccccc2)c2ccccc2)CC1. The van der Waals surface area contributed by atoms with Crippen molar-refractivity contribution in [3.8, 4) is 11.4 Å². The largest absolute Gasteiger partial charge is 0.340 e. The number of carbonyl (C=O) groups excluding carboxylic acids is 1. The highest BCUT2D eigenvalue weighted by molar-refractivity contribution is 6.30. The minimum Gasteiger partial charge on any atom is -0.340 e. The molecule has 1 aromatic heterocycles. The van der Waals surface area contributed by atoms with E-state index in [-0.39, 0.29) is 17.9 Å². The van der Waals surface area contributed by atoms with Crippen LogP contribution in [0.2, 0.25) is 5.02 Å². The summed E-state index contributed by atoms with van der Waals surface area (Å²) in [5.41, 5.74) is 3.40. The molecule has 3 heterocycles. The van der Waals surface area contributed by atoms with Gasteiger partial charge in [0.15, 0.2) is 0 Å². The van der Waals surface area contributed by atoms with Crippen LogP contribution >= 0.6 is 11.6 Å². The molecule has 40 heavy (non-hydrogen) atoms. The number of nitrogens with zero attached hydrogens (tertiary/aromatic N) is 5. The van der Waals surface area contributed by atoms with Crippen LogP contribution in [0.15, 0.2) is 89.5 Å². The minimum atomic E-state index is -0.00494. The van der Waals surface area contributed by atoms with Crippen LogP contribution in [-0.4, -0.2) is 70.0 Å². The van der Waals surface area contributed by atoms with E-state index in [1.54, 1.807) is 0 Å². The topological polar surface area (TPSA) is 65.7 Å². The number of piperidine rings is 1. The maximum absolute atomic E-state index is 13.6. The van der Waals surface area contributed by atoms with E-state index in [0.717, 1.165) is 51.1 Å². The van der Waals surface area contributed by atoms with Crippen molar-refractivity contribution in [3.63, 3.8) is 0 Å². The van der Waals surface area contributed by atoms with Gasteiger partial charge in [-0.15, -0.1) is 0 Å². The zero-order valence-corrected chi connectivity index (χ0v) is 23.3. The van der Waals surface area contributed by atoms with Gasteiger partial charge >= 0.3 is 0 Å². The minimum absolute atomic E-state index is 0.00494. The molecule has 4 aromatic rings. The van der Waals surface area contributed by atoms with Crippen molar-refractivity contribution in [2.75, 3.05) is 39.3 Å². The zero-order chi connectivity index (χ0) is 27.3. The summed E-state index contributed by atoms with van der Waals surface area (Å²) < 4.78 is 5.53. The molecule has 8 heteroatoms. The summed E-state index contributed by atoms with van der Waals surface area (Å²) in [6.07, 6.45) is 1.90. The fraction of sp³-hybridized carbons (Fsp3) is 0.344. The fourth-order valence-electron chi connectivity index (χ4n) is 6.00. The number of piperazine rings is 1. The molecule has 7 nitrogen and oxygen atoms in total. The highest BCUT2D eigenvalue weighted by Crippen LogP contribution is 2.30. The van der Waals surface area contributed by atoms with Crippen LogP contribution in [0.25, 0.3) is 11.4 Å². The first-order chi connectivity index (χ1) is 19.6. The second kappa shape index (κ2) is 12.3. The van der Waals surface area contributed by atoms with Crippen LogP contribution in [0.1, 0.15) is 35.9 Å². The Hall–Kier alpha value is -3.52. The lowest BCUT2D eigenvalue weighted by Gasteiger charge is -2.41. The first kappa shape index (κ1) is 26.7. The molecule has 0 saturated carbocycles. The summed E-state index contributed by atoms with van der Waals surface area (Å²) in [5, 5.41) is 4.77. The van der Waals surface area contributed by atoms with Crippen molar-refractivity contribution in [2.24, 2.45) is 5.92 Å². The van der Waals surface area contributed by atoms with Crippen molar-refractivity contribution in [3.05, 3.63) is 107 Å². The quantitative estimate of drug-likeness (QED) is 0.298. The van der Waals surface area contributed by atoms with Gasteiger partial charge in [0, 0.05) is 43.3 Å². The molecule has 2 saturated heterocycles. The van der Waals surface area contributed by atoms with Crippen molar-refractivity contribution >= 4 is 17.5 Å². The van der Waals surface area contributed by atoms with E-state index in [0.29, 0.717) is 29.8 Å². The molecule has 0 radical (unpaired) electrons. The highest BCUT2D eigenvalue weighted by Gasteiger charge is 2.33. The van der Waals surface area contributed by atoms with E-state index in [4.69, 9.17) is 16.1 Å². The summed E-state index contributed by atoms with van der Waals surface area (Å²) in [5.74, 6) is 1.36. The average Bonchev–Trinajstić information content (AvgIpc) is 3.47. The van der Waals surface area contributed by atoms with Crippen molar-refractivity contribution < 1.29 is 9.32 Å². The number of carbonyl (C=O) groups is 1. The third-order valence-electron chi connectivity index (χ3n) is 7.99. The Bertz CT molecular complexity index is 1370. The predicted molar refractivity (Wildman–Crippen MR) is 156 cm³/mol. The standard InChI is InChI=1S/C32H34ClN5O2/c33-28-15-7-13-26(21-28)31-34-29(40-35-31)23-36-16-8-14-27(22-36)32(39)38-19-17-37(18-20-38)30(24-9-3-1-4-10-24)25-11-5-2-6-12-25/h1-7,9-13,15,21,27,30H,8,14,16-20,22-23H2. The molecule has 1 atom stereocenters. The number of amides is 1. The van der Waals surface area contributed by atoms with E-state index in [1.807, 2.05) is 24.3 Å². The van der Waals surface area contributed by atoms with Gasteiger partial charge in [-0.3, -0.25) is 14.6 Å². The zero-order valence-electron chi connectivity index (χ0n) is 22.5. The number of benzene rings is 3. The molecule has 1 amide bonds. The number of likely N-dealkylation sites (tertiary alicyclic amines) is 1. The lowest BCUT2D eigenvalue weighted by atomic mass is 9.95. The summed E-state index contributed by atoms with van der Waals surface area (Å²) in [7, 11) is 0. The third-order valence-corrected chi connectivity index (χ3v) is 8.22. The number of rotatable bonds is 7. The van der Waals surface area contributed by atoms with Gasteiger partial charge in [0.2, 0.25) is 17.6 Å². The molecule has 206 valence electrons. The van der Waals surface area contributed by atoms with Crippen molar-refractivity contribution in [1.29, 1.82) is 0 Å². The van der Waals surface area contributed by atoms with Gasteiger partial charge < -0.3 is 9.42 Å². The third kappa shape index (κ3) is 6.12. The molecule has 1 unspecified atom stereocenters. The summed E-state index contributed by atoms with van der Waals surface area (Å²) in [6, 6.07) is 29.0. The Balaban J connectivity index is 1.06. The smallest absolute Gasteiger partial charge is 0.241 e. The molecule has 0 N–H and O–H groups in total. The normalized spacial score (nSPS) is 18.8. The lowest BCUT2D eigenvalue weighted by Crippen LogP contribution is -2.53. The first-order valence-corrected chi connectivity index (χ1v) is 14.5. The number of aromatic nitrogens is 2. The van der Waals surface area contributed by atoms with Gasteiger partial charge in [-0.1, -0.05) is 89.6 Å². The van der Waals surface area contributed by atoms with Gasteiger partial charge in [-0.05, 0) is 42.6 Å². The Morgan fingerprint density at radius 2 is 1.60 bits per heavy atom. The monoisotopic (exact) mass is 555 g/mol. The Labute approximate surface area is 240 Å². The van der Waals surface area contributed by atoms with Crippen LogP contribution in [-0.2, 0) is 11.3 Å². The Morgan fingerprint density at radius 3 is 2.27 bits per heavy atom. The summed E-state index contributed by atoms with van der Waals surface area (Å²) in [4.78, 5) is 25.0. The summed E-state index contributed by atoms with van der Waals surface area (Å²) >= 11 is 6.11. The predicted octanol–water partition coefficient (Wildman–Crippen LogP) is 5.54. The van der Waals surface area contributed by atoms with Crippen LogP contribution in [0.4, 0.5) is 0 Å². The fourth-order valence-corrected chi connectivity index (χ4v) is 6.19. The van der Waals surface area contributed by atoms with E-state index in [1.165, 1.54) is 11.1 Å². The van der Waals surface area contributed by atoms with Crippen LogP contribution < -0.4 is 0 Å². The summed E-state index contributed by atoms with van der Waals surface area (Å²) in [6.45, 7) is 5.37. The average molecular weight is 556 g/mol. The molecule has 3 aromatic carbocycles. The molecule has 2 fully saturated rings. The van der Waals surface area contributed by atoms with Crippen molar-refractivity contribution in [2.45, 2.75) is 25.4 Å². The molecular formula is C32H34ClN5O2. The van der Waals surface area contributed by atoms with E-state index >= 15 is 0 Å². The molecule has 0 bridgehead atoms. The van der Waals surface area contributed by atoms with Gasteiger partial charge in [-0.25, -0.2) is 0 Å². The van der Waals surface area contributed by atoms with Gasteiger partial charge in [0.1, 0.15) is 0 Å². The maximum Gasteiger partial charge on any atom is 0.241 e. The second-order valence-electron chi connectivity index (χ2n) is 10.7. The van der Waals surface area contributed by atoms with Crippen LogP contribution in [0, 0.1) is 5.92 Å². The maximum atomic E-state index is 13.6. The molecule has 2 aliphatic heterocycles. The van der Waals surface area contributed by atoms with Crippen molar-refractivity contribution in [1.82, 2.24) is 24.8 Å². The van der Waals surface area contributed by atoms with E-state index in [9.17, 15) is 4.79 Å². The molecule has 0 aliphatic carbocycles. The van der Waals surface area contributed by atoms with Gasteiger partial charge in [0.05, 0.1) is 18.5 Å². The highest BCUT2D eigenvalue weighted by atomic mass is 35.5. The number of hydrogen-bond donors (Lipinski definition) is 0. The van der Waals surface area contributed by atoms with Gasteiger partial charge in [-0.2, -0.15) is 4.98 Å². The lowest BCUT2D eigenvalue weighted by molar-refractivity contribution is -0.139. The van der Waals surface area contributed by atoms with Crippen LogP contribution in [0.5, 0.6) is 0 Å². The molecule has 6 rings (SSSR count). The molecule has 0 spiro atoms.